The second kappa shape index (κ2) is 4.75. The molecular formula is C13H20N2. The molecule has 2 unspecified atom stereocenters. The minimum atomic E-state index is 0.588. The average molecular weight is 204 g/mol. The summed E-state index contributed by atoms with van der Waals surface area (Å²) in [6.07, 6.45) is 6.56. The van der Waals surface area contributed by atoms with Crippen LogP contribution >= 0.6 is 0 Å². The smallest absolute Gasteiger partial charge is 0.0302 e. The van der Waals surface area contributed by atoms with Gasteiger partial charge in [0.2, 0.25) is 0 Å². The van der Waals surface area contributed by atoms with Gasteiger partial charge in [0.15, 0.2) is 0 Å². The second-order valence-electron chi connectivity index (χ2n) is 4.73. The van der Waals surface area contributed by atoms with Crippen LogP contribution in [0, 0.1) is 5.92 Å². The lowest BCUT2D eigenvalue weighted by molar-refractivity contribution is 0.445. The molecule has 1 aliphatic carbocycles. The molecule has 1 heterocycles. The number of rotatable bonds is 5. The monoisotopic (exact) mass is 204 g/mol. The van der Waals surface area contributed by atoms with E-state index in [2.05, 4.69) is 30.2 Å². The average Bonchev–Trinajstić information content (AvgIpc) is 3.10. The molecule has 2 nitrogen and oxygen atoms in total. The molecule has 0 radical (unpaired) electrons. The Hall–Kier alpha value is -0.890. The third-order valence-corrected chi connectivity index (χ3v) is 3.37. The van der Waals surface area contributed by atoms with Crippen molar-refractivity contribution in [3.05, 3.63) is 30.1 Å². The Morgan fingerprint density at radius 1 is 1.47 bits per heavy atom. The molecule has 0 aliphatic heterocycles. The van der Waals surface area contributed by atoms with Crippen molar-refractivity contribution in [1.82, 2.24) is 10.3 Å². The summed E-state index contributed by atoms with van der Waals surface area (Å²) >= 11 is 0. The predicted octanol–water partition coefficient (Wildman–Crippen LogP) is 2.57. The molecule has 82 valence electrons. The van der Waals surface area contributed by atoms with E-state index in [0.717, 1.165) is 12.6 Å². The van der Waals surface area contributed by atoms with Crippen LogP contribution in [-0.4, -0.2) is 17.6 Å². The summed E-state index contributed by atoms with van der Waals surface area (Å²) in [6, 6.07) is 5.01. The highest BCUT2D eigenvalue weighted by atomic mass is 14.9. The lowest BCUT2D eigenvalue weighted by atomic mass is 9.90. The molecule has 1 aliphatic rings. The summed E-state index contributed by atoms with van der Waals surface area (Å²) in [4.78, 5) is 4.18. The van der Waals surface area contributed by atoms with Crippen molar-refractivity contribution in [1.29, 1.82) is 0 Å². The number of nitrogens with zero attached hydrogens (tertiary/aromatic N) is 1. The van der Waals surface area contributed by atoms with Gasteiger partial charge in [0.25, 0.3) is 0 Å². The summed E-state index contributed by atoms with van der Waals surface area (Å²) in [7, 11) is 0. The van der Waals surface area contributed by atoms with Crippen LogP contribution in [0.3, 0.4) is 0 Å². The molecule has 0 amide bonds. The Morgan fingerprint density at radius 2 is 2.27 bits per heavy atom. The highest BCUT2D eigenvalue weighted by Gasteiger charge is 2.22. The van der Waals surface area contributed by atoms with Crippen molar-refractivity contribution < 1.29 is 0 Å². The highest BCUT2D eigenvalue weighted by molar-refractivity contribution is 5.14. The van der Waals surface area contributed by atoms with Gasteiger partial charge in [-0.05, 0) is 42.9 Å². The number of pyridine rings is 1. The van der Waals surface area contributed by atoms with E-state index in [0.29, 0.717) is 11.8 Å². The largest absolute Gasteiger partial charge is 0.314 e. The molecule has 1 fully saturated rings. The van der Waals surface area contributed by atoms with Crippen molar-refractivity contribution in [3.63, 3.8) is 0 Å². The molecule has 15 heavy (non-hydrogen) atoms. The third-order valence-electron chi connectivity index (χ3n) is 3.37. The quantitative estimate of drug-likeness (QED) is 0.797. The molecule has 2 atom stereocenters. The van der Waals surface area contributed by atoms with Gasteiger partial charge < -0.3 is 5.32 Å². The molecule has 1 aromatic rings. The first-order valence-corrected chi connectivity index (χ1v) is 5.90. The summed E-state index contributed by atoms with van der Waals surface area (Å²) in [5, 5.41) is 3.59. The fourth-order valence-electron chi connectivity index (χ4n) is 1.79. The maximum absolute atomic E-state index is 4.18. The van der Waals surface area contributed by atoms with Crippen molar-refractivity contribution in [3.8, 4) is 0 Å². The maximum Gasteiger partial charge on any atom is 0.0302 e. The number of nitrogens with one attached hydrogen (secondary N) is 1. The number of hydrogen-bond donors (Lipinski definition) is 1. The minimum Gasteiger partial charge on any atom is -0.314 e. The van der Waals surface area contributed by atoms with Gasteiger partial charge in [-0.3, -0.25) is 4.98 Å². The van der Waals surface area contributed by atoms with Crippen LogP contribution in [0.15, 0.2) is 24.5 Å². The summed E-state index contributed by atoms with van der Waals surface area (Å²) in [5.74, 6) is 1.26. The van der Waals surface area contributed by atoms with Crippen LogP contribution in [0.25, 0.3) is 0 Å². The van der Waals surface area contributed by atoms with Crippen LogP contribution in [0.2, 0.25) is 0 Å². The molecular weight excluding hydrogens is 184 g/mol. The van der Waals surface area contributed by atoms with Crippen LogP contribution in [0.4, 0.5) is 0 Å². The molecule has 2 rings (SSSR count). The first-order valence-electron chi connectivity index (χ1n) is 5.90. The second-order valence-corrected chi connectivity index (χ2v) is 4.73. The van der Waals surface area contributed by atoms with Crippen LogP contribution in [-0.2, 0) is 0 Å². The molecule has 0 bridgehead atoms. The van der Waals surface area contributed by atoms with Gasteiger partial charge in [0, 0.05) is 18.4 Å². The molecule has 1 aromatic heterocycles. The van der Waals surface area contributed by atoms with Crippen molar-refractivity contribution in [2.45, 2.75) is 38.6 Å². The Balaban J connectivity index is 1.85. The molecule has 1 saturated carbocycles. The molecule has 0 saturated heterocycles. The Labute approximate surface area is 92.1 Å². The van der Waals surface area contributed by atoms with E-state index in [1.807, 2.05) is 18.5 Å². The lowest BCUT2D eigenvalue weighted by Gasteiger charge is -2.20. The summed E-state index contributed by atoms with van der Waals surface area (Å²) in [5.41, 5.74) is 1.35. The highest BCUT2D eigenvalue weighted by Crippen LogP contribution is 2.24. The van der Waals surface area contributed by atoms with E-state index in [-0.39, 0.29) is 0 Å². The summed E-state index contributed by atoms with van der Waals surface area (Å²) < 4.78 is 0. The SMILES string of the molecule is CC(CNC1CC1)C(C)c1cccnc1. The summed E-state index contributed by atoms with van der Waals surface area (Å²) in [6.45, 7) is 5.73. The lowest BCUT2D eigenvalue weighted by Crippen LogP contribution is -2.26. The van der Waals surface area contributed by atoms with Gasteiger partial charge in [-0.1, -0.05) is 19.9 Å². The molecule has 2 heteroatoms. The zero-order chi connectivity index (χ0) is 10.7. The van der Waals surface area contributed by atoms with Crippen molar-refractivity contribution in [2.75, 3.05) is 6.54 Å². The standard InChI is InChI=1S/C13H20N2/c1-10(8-15-13-5-6-13)11(2)12-4-3-7-14-9-12/h3-4,7,9-11,13,15H,5-6,8H2,1-2H3. The van der Waals surface area contributed by atoms with E-state index in [9.17, 15) is 0 Å². The van der Waals surface area contributed by atoms with Gasteiger partial charge >= 0.3 is 0 Å². The van der Waals surface area contributed by atoms with Gasteiger partial charge in [-0.25, -0.2) is 0 Å². The van der Waals surface area contributed by atoms with Crippen molar-refractivity contribution >= 4 is 0 Å². The maximum atomic E-state index is 4.18. The third kappa shape index (κ3) is 3.03. The molecule has 0 spiro atoms. The van der Waals surface area contributed by atoms with E-state index in [4.69, 9.17) is 0 Å². The fraction of sp³-hybridized carbons (Fsp3) is 0.615. The normalized spacial score (nSPS) is 19.9. The predicted molar refractivity (Wildman–Crippen MR) is 62.8 cm³/mol. The zero-order valence-electron chi connectivity index (χ0n) is 9.61. The van der Waals surface area contributed by atoms with E-state index >= 15 is 0 Å². The van der Waals surface area contributed by atoms with E-state index in [1.165, 1.54) is 18.4 Å². The van der Waals surface area contributed by atoms with Gasteiger partial charge in [0.1, 0.15) is 0 Å². The Morgan fingerprint density at radius 3 is 2.87 bits per heavy atom. The van der Waals surface area contributed by atoms with Crippen LogP contribution in [0.5, 0.6) is 0 Å². The minimum absolute atomic E-state index is 0.588. The number of hydrogen-bond acceptors (Lipinski definition) is 2. The van der Waals surface area contributed by atoms with Gasteiger partial charge in [-0.2, -0.15) is 0 Å². The first-order chi connectivity index (χ1) is 7.27. The van der Waals surface area contributed by atoms with Gasteiger partial charge in [-0.15, -0.1) is 0 Å². The van der Waals surface area contributed by atoms with Gasteiger partial charge in [0.05, 0.1) is 0 Å². The van der Waals surface area contributed by atoms with Crippen LogP contribution in [0.1, 0.15) is 38.2 Å². The molecule has 0 aromatic carbocycles. The fourth-order valence-corrected chi connectivity index (χ4v) is 1.79. The van der Waals surface area contributed by atoms with Crippen LogP contribution < -0.4 is 5.32 Å². The number of aromatic nitrogens is 1. The van der Waals surface area contributed by atoms with Crippen molar-refractivity contribution in [2.24, 2.45) is 5.92 Å². The zero-order valence-corrected chi connectivity index (χ0v) is 9.61. The first kappa shape index (κ1) is 10.6. The van der Waals surface area contributed by atoms with E-state index in [1.54, 1.807) is 0 Å². The van der Waals surface area contributed by atoms with E-state index < -0.39 is 0 Å². The molecule has 1 N–H and O–H groups in total. The Kier molecular flexibility index (Phi) is 3.37. The Bertz CT molecular complexity index is 293. The topological polar surface area (TPSA) is 24.9 Å².